The van der Waals surface area contributed by atoms with E-state index in [0.29, 0.717) is 12.5 Å². The predicted octanol–water partition coefficient (Wildman–Crippen LogP) is 3.08. The number of hydrogen-bond donors (Lipinski definition) is 1. The Hall–Kier alpha value is -0.540. The van der Waals surface area contributed by atoms with Crippen LogP contribution in [0.2, 0.25) is 0 Å². The second-order valence-corrected chi connectivity index (χ2v) is 5.07. The lowest BCUT2D eigenvalue weighted by Gasteiger charge is -2.07. The molecular formula is C12H18FNS. The summed E-state index contributed by atoms with van der Waals surface area (Å²) in [5.74, 6) is 1.41. The number of rotatable bonds is 5. The van der Waals surface area contributed by atoms with Gasteiger partial charge < -0.3 is 5.73 Å². The zero-order valence-electron chi connectivity index (χ0n) is 9.29. The molecule has 0 fully saturated rings. The second kappa shape index (κ2) is 6.13. The minimum atomic E-state index is -0.119. The van der Waals surface area contributed by atoms with Crippen LogP contribution in [0.1, 0.15) is 19.4 Å². The first-order valence-corrected chi connectivity index (χ1v) is 6.23. The lowest BCUT2D eigenvalue weighted by atomic mass is 10.1. The van der Waals surface area contributed by atoms with E-state index >= 15 is 0 Å². The Morgan fingerprint density at radius 2 is 2.13 bits per heavy atom. The summed E-state index contributed by atoms with van der Waals surface area (Å²) in [6.45, 7) is 4.83. The molecule has 1 rings (SSSR count). The van der Waals surface area contributed by atoms with E-state index < -0.39 is 0 Å². The van der Waals surface area contributed by atoms with E-state index in [1.807, 2.05) is 12.1 Å². The quantitative estimate of drug-likeness (QED) is 0.782. The number of benzene rings is 1. The molecular weight excluding hydrogens is 209 g/mol. The molecule has 0 aliphatic heterocycles. The van der Waals surface area contributed by atoms with Crippen molar-refractivity contribution in [2.24, 2.45) is 11.7 Å². The molecule has 0 heterocycles. The standard InChI is InChI=1S/C12H18FNS/c1-9(2)8-15-12-4-3-10(5-6-14)7-11(12)13/h3-4,7,9H,5-6,8,14H2,1-2H3. The van der Waals surface area contributed by atoms with Gasteiger partial charge in [0.2, 0.25) is 0 Å². The first kappa shape index (κ1) is 12.5. The van der Waals surface area contributed by atoms with E-state index in [2.05, 4.69) is 13.8 Å². The fourth-order valence-electron chi connectivity index (χ4n) is 1.24. The lowest BCUT2D eigenvalue weighted by Crippen LogP contribution is -2.03. The van der Waals surface area contributed by atoms with Crippen LogP contribution in [0.25, 0.3) is 0 Å². The summed E-state index contributed by atoms with van der Waals surface area (Å²) < 4.78 is 13.6. The van der Waals surface area contributed by atoms with Gasteiger partial charge >= 0.3 is 0 Å². The van der Waals surface area contributed by atoms with Crippen molar-refractivity contribution in [3.8, 4) is 0 Å². The van der Waals surface area contributed by atoms with Gasteiger partial charge in [-0.25, -0.2) is 4.39 Å². The van der Waals surface area contributed by atoms with Crippen LogP contribution in [0.3, 0.4) is 0 Å². The molecule has 84 valence electrons. The van der Waals surface area contributed by atoms with Crippen LogP contribution in [-0.2, 0) is 6.42 Å². The van der Waals surface area contributed by atoms with Gasteiger partial charge in [-0.05, 0) is 36.6 Å². The minimum Gasteiger partial charge on any atom is -0.330 e. The van der Waals surface area contributed by atoms with Crippen LogP contribution in [0.15, 0.2) is 23.1 Å². The first-order chi connectivity index (χ1) is 7.13. The monoisotopic (exact) mass is 227 g/mol. The van der Waals surface area contributed by atoms with Gasteiger partial charge in [0.15, 0.2) is 0 Å². The molecule has 15 heavy (non-hydrogen) atoms. The normalized spacial score (nSPS) is 11.0. The smallest absolute Gasteiger partial charge is 0.137 e. The van der Waals surface area contributed by atoms with Gasteiger partial charge in [-0.1, -0.05) is 19.9 Å². The summed E-state index contributed by atoms with van der Waals surface area (Å²) in [7, 11) is 0. The van der Waals surface area contributed by atoms with Crippen molar-refractivity contribution in [1.82, 2.24) is 0 Å². The Morgan fingerprint density at radius 1 is 1.40 bits per heavy atom. The molecule has 0 unspecified atom stereocenters. The Labute approximate surface area is 95.2 Å². The molecule has 0 spiro atoms. The average Bonchev–Trinajstić information content (AvgIpc) is 2.17. The predicted molar refractivity (Wildman–Crippen MR) is 64.7 cm³/mol. The molecule has 0 bridgehead atoms. The van der Waals surface area contributed by atoms with Crippen LogP contribution < -0.4 is 5.73 Å². The summed E-state index contributed by atoms with van der Waals surface area (Å²) in [4.78, 5) is 0.740. The van der Waals surface area contributed by atoms with Crippen molar-refractivity contribution < 1.29 is 4.39 Å². The highest BCUT2D eigenvalue weighted by Gasteiger charge is 2.05. The van der Waals surface area contributed by atoms with Crippen molar-refractivity contribution in [3.05, 3.63) is 29.6 Å². The number of thioether (sulfide) groups is 1. The molecule has 0 saturated heterocycles. The first-order valence-electron chi connectivity index (χ1n) is 5.24. The summed E-state index contributed by atoms with van der Waals surface area (Å²) in [5, 5.41) is 0. The fraction of sp³-hybridized carbons (Fsp3) is 0.500. The summed E-state index contributed by atoms with van der Waals surface area (Å²) in [5.41, 5.74) is 6.40. The maximum absolute atomic E-state index is 13.6. The molecule has 2 N–H and O–H groups in total. The molecule has 0 aliphatic rings. The third kappa shape index (κ3) is 4.22. The summed E-state index contributed by atoms with van der Waals surface area (Å²) in [6, 6.07) is 5.40. The Kier molecular flexibility index (Phi) is 5.12. The SMILES string of the molecule is CC(C)CSc1ccc(CCN)cc1F. The van der Waals surface area contributed by atoms with Gasteiger partial charge in [-0.3, -0.25) is 0 Å². The van der Waals surface area contributed by atoms with Gasteiger partial charge in [-0.2, -0.15) is 0 Å². The van der Waals surface area contributed by atoms with E-state index in [1.165, 1.54) is 0 Å². The molecule has 0 saturated carbocycles. The highest BCUT2D eigenvalue weighted by molar-refractivity contribution is 7.99. The van der Waals surface area contributed by atoms with Gasteiger partial charge in [0.1, 0.15) is 5.82 Å². The number of halogens is 1. The van der Waals surface area contributed by atoms with Gasteiger partial charge in [-0.15, -0.1) is 11.8 Å². The zero-order valence-corrected chi connectivity index (χ0v) is 10.1. The zero-order chi connectivity index (χ0) is 11.3. The lowest BCUT2D eigenvalue weighted by molar-refractivity contribution is 0.599. The summed E-state index contributed by atoms with van der Waals surface area (Å²) in [6.07, 6.45) is 0.742. The maximum atomic E-state index is 13.6. The summed E-state index contributed by atoms with van der Waals surface area (Å²) >= 11 is 1.58. The van der Waals surface area contributed by atoms with E-state index in [4.69, 9.17) is 5.73 Å². The molecule has 0 atom stereocenters. The maximum Gasteiger partial charge on any atom is 0.137 e. The third-order valence-corrected chi connectivity index (χ3v) is 3.48. The van der Waals surface area contributed by atoms with Gasteiger partial charge in [0.25, 0.3) is 0 Å². The Balaban J connectivity index is 2.66. The Morgan fingerprint density at radius 3 is 2.67 bits per heavy atom. The number of hydrogen-bond acceptors (Lipinski definition) is 2. The van der Waals surface area contributed by atoms with Crippen LogP contribution >= 0.6 is 11.8 Å². The van der Waals surface area contributed by atoms with Crippen molar-refractivity contribution >= 4 is 11.8 Å². The van der Waals surface area contributed by atoms with Crippen molar-refractivity contribution in [1.29, 1.82) is 0 Å². The molecule has 1 nitrogen and oxygen atoms in total. The molecule has 3 heteroatoms. The second-order valence-electron chi connectivity index (χ2n) is 4.01. The average molecular weight is 227 g/mol. The van der Waals surface area contributed by atoms with Crippen molar-refractivity contribution in [2.45, 2.75) is 25.2 Å². The van der Waals surface area contributed by atoms with E-state index in [-0.39, 0.29) is 5.82 Å². The number of nitrogens with two attached hydrogens (primary N) is 1. The van der Waals surface area contributed by atoms with E-state index in [0.717, 1.165) is 22.6 Å². The van der Waals surface area contributed by atoms with Crippen molar-refractivity contribution in [2.75, 3.05) is 12.3 Å². The molecule has 1 aromatic rings. The third-order valence-electron chi connectivity index (χ3n) is 2.00. The van der Waals surface area contributed by atoms with Gasteiger partial charge in [0.05, 0.1) is 0 Å². The molecule has 0 radical (unpaired) electrons. The Bertz CT molecular complexity index is 312. The van der Waals surface area contributed by atoms with Crippen LogP contribution in [0.5, 0.6) is 0 Å². The van der Waals surface area contributed by atoms with Crippen LogP contribution in [0.4, 0.5) is 4.39 Å². The molecule has 1 aromatic carbocycles. The fourth-order valence-corrected chi connectivity index (χ4v) is 2.11. The van der Waals surface area contributed by atoms with Gasteiger partial charge in [0, 0.05) is 10.6 Å². The van der Waals surface area contributed by atoms with Crippen LogP contribution in [-0.4, -0.2) is 12.3 Å². The van der Waals surface area contributed by atoms with Crippen molar-refractivity contribution in [3.63, 3.8) is 0 Å². The molecule has 0 aliphatic carbocycles. The van der Waals surface area contributed by atoms with E-state index in [1.54, 1.807) is 17.8 Å². The minimum absolute atomic E-state index is 0.119. The molecule has 0 amide bonds. The van der Waals surface area contributed by atoms with Crippen LogP contribution in [0, 0.1) is 11.7 Å². The highest BCUT2D eigenvalue weighted by Crippen LogP contribution is 2.24. The topological polar surface area (TPSA) is 26.0 Å². The molecule has 0 aromatic heterocycles. The van der Waals surface area contributed by atoms with E-state index in [9.17, 15) is 4.39 Å². The highest BCUT2D eigenvalue weighted by atomic mass is 32.2. The largest absolute Gasteiger partial charge is 0.330 e.